The number of esters is 1. The number of aryl methyl sites for hydroxylation is 1. The van der Waals surface area contributed by atoms with Crippen molar-refractivity contribution in [3.63, 3.8) is 0 Å². The highest BCUT2D eigenvalue weighted by molar-refractivity contribution is 6.10. The van der Waals surface area contributed by atoms with Gasteiger partial charge in [0.1, 0.15) is 11.3 Å². The van der Waals surface area contributed by atoms with Crippen LogP contribution < -0.4 is 5.32 Å². The number of alkyl halides is 3. The molecular formula is C15H13F3N2O4. The fourth-order valence-electron chi connectivity index (χ4n) is 1.95. The monoisotopic (exact) mass is 342 g/mol. The number of hydrogen-bond donors (Lipinski definition) is 1. The Labute approximate surface area is 134 Å². The number of anilines is 1. The number of nitrogens with zero attached hydrogens (tertiary/aromatic N) is 1. The third-order valence-corrected chi connectivity index (χ3v) is 3.01. The van der Waals surface area contributed by atoms with Crippen molar-refractivity contribution in [3.8, 4) is 0 Å². The zero-order valence-corrected chi connectivity index (χ0v) is 12.7. The lowest BCUT2D eigenvalue weighted by atomic mass is 10.1. The molecule has 1 N–H and O–H groups in total. The predicted octanol–water partition coefficient (Wildman–Crippen LogP) is 3.43. The molecule has 0 saturated heterocycles. The number of ether oxygens (including phenoxy) is 1. The number of carbonyl (C=O) groups excluding carboxylic acids is 2. The van der Waals surface area contributed by atoms with Crippen LogP contribution in [0.25, 0.3) is 0 Å². The SMILES string of the molecule is CCOC(=O)c1noc(C)c1C(=O)Nc1cccc(C(F)(F)F)c1. The molecule has 2 rings (SSSR count). The third-order valence-electron chi connectivity index (χ3n) is 3.01. The molecule has 24 heavy (non-hydrogen) atoms. The van der Waals surface area contributed by atoms with Crippen LogP contribution in [0.15, 0.2) is 28.8 Å². The average Bonchev–Trinajstić information content (AvgIpc) is 2.89. The minimum absolute atomic E-state index is 0.0440. The van der Waals surface area contributed by atoms with Crippen LogP contribution in [-0.4, -0.2) is 23.6 Å². The maximum atomic E-state index is 12.7. The van der Waals surface area contributed by atoms with Gasteiger partial charge in [0, 0.05) is 5.69 Å². The smallest absolute Gasteiger partial charge is 0.416 e. The van der Waals surface area contributed by atoms with Crippen molar-refractivity contribution < 1.29 is 32.0 Å². The molecule has 0 fully saturated rings. The topological polar surface area (TPSA) is 81.4 Å². The lowest BCUT2D eigenvalue weighted by molar-refractivity contribution is -0.137. The highest BCUT2D eigenvalue weighted by Gasteiger charge is 2.31. The van der Waals surface area contributed by atoms with E-state index in [0.29, 0.717) is 0 Å². The van der Waals surface area contributed by atoms with E-state index in [0.717, 1.165) is 18.2 Å². The zero-order valence-electron chi connectivity index (χ0n) is 12.7. The van der Waals surface area contributed by atoms with Crippen LogP contribution in [0.2, 0.25) is 0 Å². The van der Waals surface area contributed by atoms with Gasteiger partial charge in [-0.25, -0.2) is 4.79 Å². The van der Waals surface area contributed by atoms with E-state index in [1.54, 1.807) is 6.92 Å². The van der Waals surface area contributed by atoms with Gasteiger partial charge in [0.2, 0.25) is 5.69 Å². The molecule has 1 amide bonds. The molecular weight excluding hydrogens is 329 g/mol. The number of hydrogen-bond acceptors (Lipinski definition) is 5. The first-order valence-electron chi connectivity index (χ1n) is 6.86. The Morgan fingerprint density at radius 3 is 2.67 bits per heavy atom. The van der Waals surface area contributed by atoms with Crippen LogP contribution in [0.5, 0.6) is 0 Å². The summed E-state index contributed by atoms with van der Waals surface area (Å²) in [4.78, 5) is 24.0. The second kappa shape index (κ2) is 6.73. The van der Waals surface area contributed by atoms with Crippen molar-refractivity contribution in [2.24, 2.45) is 0 Å². The molecule has 2 aromatic rings. The molecule has 0 aliphatic carbocycles. The third kappa shape index (κ3) is 3.73. The van der Waals surface area contributed by atoms with E-state index in [4.69, 9.17) is 9.26 Å². The minimum Gasteiger partial charge on any atom is -0.461 e. The van der Waals surface area contributed by atoms with Gasteiger partial charge in [-0.15, -0.1) is 0 Å². The summed E-state index contributed by atoms with van der Waals surface area (Å²) < 4.78 is 47.7. The van der Waals surface area contributed by atoms with Gasteiger partial charge in [0.15, 0.2) is 0 Å². The van der Waals surface area contributed by atoms with Crippen LogP contribution in [0, 0.1) is 6.92 Å². The average molecular weight is 342 g/mol. The molecule has 0 aliphatic heterocycles. The molecule has 0 atom stereocenters. The summed E-state index contributed by atoms with van der Waals surface area (Å²) in [6, 6.07) is 4.11. The van der Waals surface area contributed by atoms with Crippen molar-refractivity contribution in [2.75, 3.05) is 11.9 Å². The molecule has 0 bridgehead atoms. The molecule has 0 unspecified atom stereocenters. The number of aromatic nitrogens is 1. The lowest BCUT2D eigenvalue weighted by Crippen LogP contribution is -2.18. The summed E-state index contributed by atoms with van der Waals surface area (Å²) in [5, 5.41) is 5.75. The molecule has 0 spiro atoms. The fraction of sp³-hybridized carbons (Fsp3) is 0.267. The van der Waals surface area contributed by atoms with Gasteiger partial charge in [-0.1, -0.05) is 11.2 Å². The van der Waals surface area contributed by atoms with E-state index in [-0.39, 0.29) is 29.3 Å². The molecule has 128 valence electrons. The molecule has 9 heteroatoms. The fourth-order valence-corrected chi connectivity index (χ4v) is 1.95. The first-order chi connectivity index (χ1) is 11.2. The number of nitrogens with one attached hydrogen (secondary N) is 1. The van der Waals surface area contributed by atoms with Crippen molar-refractivity contribution in [1.29, 1.82) is 0 Å². The summed E-state index contributed by atoms with van der Waals surface area (Å²) in [6.07, 6.45) is -4.54. The van der Waals surface area contributed by atoms with E-state index in [1.165, 1.54) is 13.0 Å². The highest BCUT2D eigenvalue weighted by atomic mass is 19.4. The van der Waals surface area contributed by atoms with Crippen LogP contribution in [0.3, 0.4) is 0 Å². The van der Waals surface area contributed by atoms with Crippen molar-refractivity contribution in [1.82, 2.24) is 5.16 Å². The van der Waals surface area contributed by atoms with Gasteiger partial charge in [-0.05, 0) is 32.0 Å². The van der Waals surface area contributed by atoms with Crippen molar-refractivity contribution in [3.05, 3.63) is 46.8 Å². The first kappa shape index (κ1) is 17.5. The van der Waals surface area contributed by atoms with Crippen LogP contribution >= 0.6 is 0 Å². The standard InChI is InChI=1S/C15H13F3N2O4/c1-3-23-14(22)12-11(8(2)24-20-12)13(21)19-10-6-4-5-9(7-10)15(16,17)18/h4-7H,3H2,1-2H3,(H,19,21). The van der Waals surface area contributed by atoms with Gasteiger partial charge < -0.3 is 14.6 Å². The van der Waals surface area contributed by atoms with Crippen LogP contribution in [0.1, 0.15) is 39.1 Å². The largest absolute Gasteiger partial charge is 0.461 e. The molecule has 1 aromatic heterocycles. The number of rotatable bonds is 4. The number of benzene rings is 1. The summed E-state index contributed by atoms with van der Waals surface area (Å²) in [6.45, 7) is 3.05. The van der Waals surface area contributed by atoms with Crippen LogP contribution in [0.4, 0.5) is 18.9 Å². The molecule has 0 saturated carbocycles. The second-order valence-electron chi connectivity index (χ2n) is 4.72. The van der Waals surface area contributed by atoms with Gasteiger partial charge in [0.25, 0.3) is 5.91 Å². The van der Waals surface area contributed by atoms with Gasteiger partial charge >= 0.3 is 12.1 Å². The molecule has 6 nitrogen and oxygen atoms in total. The Morgan fingerprint density at radius 1 is 1.33 bits per heavy atom. The summed E-state index contributed by atoms with van der Waals surface area (Å²) in [5.74, 6) is -1.64. The first-order valence-corrected chi connectivity index (χ1v) is 6.86. The van der Waals surface area contributed by atoms with Gasteiger partial charge in [0.05, 0.1) is 12.2 Å². The number of carbonyl (C=O) groups is 2. The molecule has 0 radical (unpaired) electrons. The Balaban J connectivity index is 2.28. The second-order valence-corrected chi connectivity index (χ2v) is 4.72. The summed E-state index contributed by atoms with van der Waals surface area (Å²) in [7, 11) is 0. The number of amides is 1. The van der Waals surface area contributed by atoms with E-state index >= 15 is 0 Å². The molecule has 0 aliphatic rings. The lowest BCUT2D eigenvalue weighted by Gasteiger charge is -2.10. The number of halogens is 3. The van der Waals surface area contributed by atoms with Gasteiger partial charge in [-0.3, -0.25) is 4.79 Å². The zero-order chi connectivity index (χ0) is 17.9. The normalized spacial score (nSPS) is 11.2. The molecule has 1 aromatic carbocycles. The minimum atomic E-state index is -4.54. The van der Waals surface area contributed by atoms with E-state index in [9.17, 15) is 22.8 Å². The van der Waals surface area contributed by atoms with Crippen molar-refractivity contribution >= 4 is 17.6 Å². The van der Waals surface area contributed by atoms with E-state index in [2.05, 4.69) is 10.5 Å². The Hall–Kier alpha value is -2.84. The maximum Gasteiger partial charge on any atom is 0.416 e. The Bertz CT molecular complexity index is 768. The van der Waals surface area contributed by atoms with Crippen molar-refractivity contribution in [2.45, 2.75) is 20.0 Å². The Morgan fingerprint density at radius 2 is 2.04 bits per heavy atom. The highest BCUT2D eigenvalue weighted by Crippen LogP contribution is 2.30. The van der Waals surface area contributed by atoms with E-state index < -0.39 is 23.6 Å². The van der Waals surface area contributed by atoms with E-state index in [1.807, 2.05) is 0 Å². The molecule has 1 heterocycles. The predicted molar refractivity (Wildman–Crippen MR) is 76.6 cm³/mol. The summed E-state index contributed by atoms with van der Waals surface area (Å²) in [5.41, 5.74) is -1.51. The Kier molecular flexibility index (Phi) is 4.91. The van der Waals surface area contributed by atoms with Crippen LogP contribution in [-0.2, 0) is 10.9 Å². The quantitative estimate of drug-likeness (QED) is 0.861. The maximum absolute atomic E-state index is 12.7. The van der Waals surface area contributed by atoms with Gasteiger partial charge in [-0.2, -0.15) is 13.2 Å². The summed E-state index contributed by atoms with van der Waals surface area (Å²) >= 11 is 0.